The van der Waals surface area contributed by atoms with E-state index >= 15 is 0 Å². The van der Waals surface area contributed by atoms with Crippen LogP contribution in [0.15, 0.2) is 54.1 Å². The van der Waals surface area contributed by atoms with Crippen molar-refractivity contribution in [1.82, 2.24) is 0 Å². The van der Waals surface area contributed by atoms with E-state index in [1.807, 2.05) is 30.3 Å². The summed E-state index contributed by atoms with van der Waals surface area (Å²) in [5, 5.41) is 0. The third-order valence-corrected chi connectivity index (χ3v) is 2.43. The summed E-state index contributed by atoms with van der Waals surface area (Å²) in [4.78, 5) is 0. The van der Waals surface area contributed by atoms with E-state index in [1.165, 1.54) is 6.08 Å². The molecular weight excluding hydrogens is 194 g/mol. The average molecular weight is 206 g/mol. The molecule has 0 aliphatic heterocycles. The van der Waals surface area contributed by atoms with Gasteiger partial charge in [-0.25, -0.2) is 8.78 Å². The number of hydrogen-bond donors (Lipinski definition) is 0. The zero-order valence-corrected chi connectivity index (χ0v) is 8.29. The minimum atomic E-state index is -2.65. The highest BCUT2D eigenvalue weighted by atomic mass is 19.3. The third kappa shape index (κ3) is 2.75. The molecule has 1 aromatic carbocycles. The van der Waals surface area contributed by atoms with Gasteiger partial charge >= 0.3 is 0 Å². The van der Waals surface area contributed by atoms with E-state index in [2.05, 4.69) is 0 Å². The molecule has 78 valence electrons. The Balaban J connectivity index is 2.04. The van der Waals surface area contributed by atoms with Gasteiger partial charge in [0.1, 0.15) is 0 Å². The summed E-state index contributed by atoms with van der Waals surface area (Å²) < 4.78 is 25.6. The molecule has 0 unspecified atom stereocenters. The van der Waals surface area contributed by atoms with E-state index in [1.54, 1.807) is 6.08 Å². The molecule has 0 heterocycles. The van der Waals surface area contributed by atoms with Gasteiger partial charge in [0.25, 0.3) is 5.92 Å². The van der Waals surface area contributed by atoms with Gasteiger partial charge in [-0.2, -0.15) is 0 Å². The maximum absolute atomic E-state index is 12.8. The van der Waals surface area contributed by atoms with Crippen molar-refractivity contribution in [3.05, 3.63) is 59.7 Å². The first kappa shape index (κ1) is 10.1. The van der Waals surface area contributed by atoms with Crippen LogP contribution in [-0.2, 0) is 6.42 Å². The van der Waals surface area contributed by atoms with Gasteiger partial charge in [-0.3, -0.25) is 0 Å². The molecule has 0 nitrogen and oxygen atoms in total. The van der Waals surface area contributed by atoms with Crippen molar-refractivity contribution in [3.8, 4) is 0 Å². The van der Waals surface area contributed by atoms with Gasteiger partial charge in [-0.1, -0.05) is 42.5 Å². The van der Waals surface area contributed by atoms with E-state index < -0.39 is 5.92 Å². The second-order valence-corrected chi connectivity index (χ2v) is 3.74. The lowest BCUT2D eigenvalue weighted by atomic mass is 9.98. The van der Waals surface area contributed by atoms with Gasteiger partial charge in [-0.05, 0) is 23.6 Å². The van der Waals surface area contributed by atoms with Crippen molar-refractivity contribution < 1.29 is 8.78 Å². The quantitative estimate of drug-likeness (QED) is 0.691. The van der Waals surface area contributed by atoms with Gasteiger partial charge in [0, 0.05) is 6.42 Å². The summed E-state index contributed by atoms with van der Waals surface area (Å²) in [5.41, 5.74) is 2.12. The van der Waals surface area contributed by atoms with Crippen LogP contribution in [-0.4, -0.2) is 5.92 Å². The smallest absolute Gasteiger partial charge is 0.202 e. The van der Waals surface area contributed by atoms with Crippen LogP contribution in [0.1, 0.15) is 12.0 Å². The molecule has 2 heteroatoms. The lowest BCUT2D eigenvalue weighted by Gasteiger charge is -2.15. The molecule has 2 rings (SSSR count). The van der Waals surface area contributed by atoms with Crippen LogP contribution in [0.3, 0.4) is 0 Å². The fourth-order valence-corrected chi connectivity index (χ4v) is 1.59. The lowest BCUT2D eigenvalue weighted by molar-refractivity contribution is 0.0571. The first-order valence-corrected chi connectivity index (χ1v) is 4.96. The van der Waals surface area contributed by atoms with E-state index in [0.29, 0.717) is 0 Å². The summed E-state index contributed by atoms with van der Waals surface area (Å²) in [6, 6.07) is 9.86. The summed E-state index contributed by atoms with van der Waals surface area (Å²) in [5.74, 6) is -2.65. The third-order valence-electron chi connectivity index (χ3n) is 2.43. The summed E-state index contributed by atoms with van der Waals surface area (Å²) >= 11 is 0. The van der Waals surface area contributed by atoms with Crippen LogP contribution in [0.2, 0.25) is 0 Å². The molecule has 0 atom stereocenters. The summed E-state index contributed by atoms with van der Waals surface area (Å²) in [6.45, 7) is 0. The average Bonchev–Trinajstić information content (AvgIpc) is 2.23. The Bertz CT molecular complexity index is 388. The van der Waals surface area contributed by atoms with Crippen molar-refractivity contribution in [1.29, 1.82) is 0 Å². The van der Waals surface area contributed by atoms with E-state index in [4.69, 9.17) is 0 Å². The second-order valence-electron chi connectivity index (χ2n) is 3.74. The first-order chi connectivity index (χ1) is 7.16. The van der Waals surface area contributed by atoms with Gasteiger partial charge in [0.15, 0.2) is 0 Å². The number of allylic oxidation sites excluding steroid dienone is 4. The van der Waals surface area contributed by atoms with Crippen LogP contribution in [0.4, 0.5) is 8.78 Å². The first-order valence-electron chi connectivity index (χ1n) is 4.96. The number of hydrogen-bond acceptors (Lipinski definition) is 0. The highest BCUT2D eigenvalue weighted by Crippen LogP contribution is 2.27. The van der Waals surface area contributed by atoms with E-state index in [-0.39, 0.29) is 6.42 Å². The van der Waals surface area contributed by atoms with Crippen molar-refractivity contribution in [2.45, 2.75) is 18.8 Å². The monoisotopic (exact) mass is 206 g/mol. The van der Waals surface area contributed by atoms with Crippen molar-refractivity contribution in [2.24, 2.45) is 0 Å². The zero-order valence-electron chi connectivity index (χ0n) is 8.29. The number of benzene rings is 1. The van der Waals surface area contributed by atoms with Gasteiger partial charge in [-0.15, -0.1) is 0 Å². The molecule has 0 saturated carbocycles. The van der Waals surface area contributed by atoms with Gasteiger partial charge in [0.05, 0.1) is 0 Å². The molecule has 0 amide bonds. The number of rotatable bonds is 2. The SMILES string of the molecule is FC1(F)C=CC(Cc2ccccc2)=CC1. The van der Waals surface area contributed by atoms with Crippen LogP contribution in [0, 0.1) is 0 Å². The largest absolute Gasteiger partial charge is 0.270 e. The predicted molar refractivity (Wildman–Crippen MR) is 56.9 cm³/mol. The Morgan fingerprint density at radius 3 is 2.47 bits per heavy atom. The molecule has 1 aliphatic rings. The Morgan fingerprint density at radius 1 is 1.13 bits per heavy atom. The molecule has 0 spiro atoms. The molecule has 0 aromatic heterocycles. The molecule has 1 aromatic rings. The number of halogens is 2. The Labute approximate surface area is 87.9 Å². The van der Waals surface area contributed by atoms with E-state index in [0.717, 1.165) is 23.6 Å². The van der Waals surface area contributed by atoms with Crippen LogP contribution < -0.4 is 0 Å². The van der Waals surface area contributed by atoms with Gasteiger partial charge in [0.2, 0.25) is 0 Å². The molecular formula is C13H12F2. The van der Waals surface area contributed by atoms with Crippen LogP contribution in [0.5, 0.6) is 0 Å². The molecule has 0 saturated heterocycles. The van der Waals surface area contributed by atoms with Crippen molar-refractivity contribution in [3.63, 3.8) is 0 Å². The fraction of sp³-hybridized carbons (Fsp3) is 0.231. The Morgan fingerprint density at radius 2 is 1.87 bits per heavy atom. The molecule has 0 bridgehead atoms. The minimum absolute atomic E-state index is 0.175. The minimum Gasteiger partial charge on any atom is -0.202 e. The molecule has 15 heavy (non-hydrogen) atoms. The second kappa shape index (κ2) is 3.97. The zero-order chi connectivity index (χ0) is 10.7. The van der Waals surface area contributed by atoms with Crippen LogP contribution >= 0.6 is 0 Å². The standard InChI is InChI=1S/C13H12F2/c14-13(15)8-6-12(7-9-13)10-11-4-2-1-3-5-11/h1-8H,9-10H2. The van der Waals surface area contributed by atoms with Crippen molar-refractivity contribution >= 4 is 0 Å². The highest BCUT2D eigenvalue weighted by Gasteiger charge is 2.25. The maximum atomic E-state index is 12.8. The molecule has 0 N–H and O–H groups in total. The normalized spacial score (nSPS) is 18.7. The van der Waals surface area contributed by atoms with E-state index in [9.17, 15) is 8.78 Å². The maximum Gasteiger partial charge on any atom is 0.270 e. The molecule has 0 fully saturated rings. The molecule has 1 aliphatic carbocycles. The van der Waals surface area contributed by atoms with Gasteiger partial charge < -0.3 is 0 Å². The highest BCUT2D eigenvalue weighted by molar-refractivity contribution is 5.32. The predicted octanol–water partition coefficient (Wildman–Crippen LogP) is 3.75. The molecule has 0 radical (unpaired) electrons. The fourth-order valence-electron chi connectivity index (χ4n) is 1.59. The number of alkyl halides is 2. The Hall–Kier alpha value is -1.44. The topological polar surface area (TPSA) is 0 Å². The summed E-state index contributed by atoms with van der Waals surface area (Å²) in [6.07, 6.45) is 4.69. The summed E-state index contributed by atoms with van der Waals surface area (Å²) in [7, 11) is 0. The van der Waals surface area contributed by atoms with Crippen molar-refractivity contribution in [2.75, 3.05) is 0 Å². The lowest BCUT2D eigenvalue weighted by Crippen LogP contribution is -2.13. The Kier molecular flexibility index (Phi) is 2.67. The van der Waals surface area contributed by atoms with Crippen LogP contribution in [0.25, 0.3) is 0 Å².